The van der Waals surface area contributed by atoms with Crippen LogP contribution in [0.4, 0.5) is 5.82 Å². The first kappa shape index (κ1) is 16.8. The van der Waals surface area contributed by atoms with Crippen molar-refractivity contribution in [3.63, 3.8) is 0 Å². The molecule has 0 amide bonds. The fourth-order valence-corrected chi connectivity index (χ4v) is 3.12. The van der Waals surface area contributed by atoms with E-state index in [1.807, 2.05) is 55.5 Å². The molecular weight excluding hydrogens is 338 g/mol. The van der Waals surface area contributed by atoms with Crippen LogP contribution in [0.1, 0.15) is 22.7 Å². The standard InChI is InChI=1S/C22H19N3O2/c1-14-6-8-16(9-7-14)19(25-22-18(26)5-3-13-24-22)17-11-10-15-4-2-12-23-20(15)21(17)27/h2-13,19,26-27H,1H3,(H,24,25). The van der Waals surface area contributed by atoms with Crippen LogP contribution in [-0.2, 0) is 0 Å². The Hall–Kier alpha value is -3.60. The molecule has 4 rings (SSSR count). The maximum Gasteiger partial charge on any atom is 0.169 e. The summed E-state index contributed by atoms with van der Waals surface area (Å²) in [5.41, 5.74) is 3.29. The number of hydrogen-bond donors (Lipinski definition) is 3. The van der Waals surface area contributed by atoms with Gasteiger partial charge in [-0.3, -0.25) is 4.98 Å². The minimum atomic E-state index is -0.405. The third-order valence-electron chi connectivity index (χ3n) is 4.57. The van der Waals surface area contributed by atoms with Gasteiger partial charge in [-0.15, -0.1) is 0 Å². The largest absolute Gasteiger partial charge is 0.505 e. The zero-order valence-electron chi connectivity index (χ0n) is 14.8. The second kappa shape index (κ2) is 6.96. The second-order valence-corrected chi connectivity index (χ2v) is 6.44. The van der Waals surface area contributed by atoms with E-state index in [1.165, 1.54) is 0 Å². The number of aromatic hydroxyl groups is 2. The van der Waals surface area contributed by atoms with E-state index in [4.69, 9.17) is 0 Å². The SMILES string of the molecule is Cc1ccc(C(Nc2ncccc2O)c2ccc3cccnc3c2O)cc1. The summed E-state index contributed by atoms with van der Waals surface area (Å²) in [5.74, 6) is 0.512. The number of fused-ring (bicyclic) bond motifs is 1. The fourth-order valence-electron chi connectivity index (χ4n) is 3.12. The number of aromatic nitrogens is 2. The van der Waals surface area contributed by atoms with Crippen molar-refractivity contribution in [2.24, 2.45) is 0 Å². The Morgan fingerprint density at radius 2 is 1.59 bits per heavy atom. The molecule has 0 aliphatic carbocycles. The van der Waals surface area contributed by atoms with Gasteiger partial charge in [0.1, 0.15) is 11.3 Å². The molecule has 2 heterocycles. The van der Waals surface area contributed by atoms with Gasteiger partial charge in [0.2, 0.25) is 0 Å². The van der Waals surface area contributed by atoms with Crippen LogP contribution < -0.4 is 5.32 Å². The summed E-state index contributed by atoms with van der Waals surface area (Å²) in [6.07, 6.45) is 3.26. The van der Waals surface area contributed by atoms with Crippen molar-refractivity contribution in [1.29, 1.82) is 0 Å². The zero-order chi connectivity index (χ0) is 18.8. The van der Waals surface area contributed by atoms with Crippen LogP contribution in [0.3, 0.4) is 0 Å². The minimum absolute atomic E-state index is 0.0491. The smallest absolute Gasteiger partial charge is 0.169 e. The first-order chi connectivity index (χ1) is 13.1. The summed E-state index contributed by atoms with van der Waals surface area (Å²) < 4.78 is 0. The number of nitrogens with zero attached hydrogens (tertiary/aromatic N) is 2. The molecule has 5 nitrogen and oxygen atoms in total. The first-order valence-electron chi connectivity index (χ1n) is 8.67. The molecule has 134 valence electrons. The number of anilines is 1. The van der Waals surface area contributed by atoms with Gasteiger partial charge in [-0.25, -0.2) is 4.98 Å². The average molecular weight is 357 g/mol. The van der Waals surface area contributed by atoms with E-state index in [-0.39, 0.29) is 11.5 Å². The van der Waals surface area contributed by atoms with Gasteiger partial charge in [0.05, 0.1) is 6.04 Å². The summed E-state index contributed by atoms with van der Waals surface area (Å²) in [6.45, 7) is 2.02. The van der Waals surface area contributed by atoms with Gasteiger partial charge in [-0.2, -0.15) is 0 Å². The van der Waals surface area contributed by atoms with Gasteiger partial charge in [-0.05, 0) is 30.7 Å². The molecular formula is C22H19N3O2. The second-order valence-electron chi connectivity index (χ2n) is 6.44. The van der Waals surface area contributed by atoms with Gasteiger partial charge in [0.25, 0.3) is 0 Å². The van der Waals surface area contributed by atoms with Crippen molar-refractivity contribution in [1.82, 2.24) is 9.97 Å². The molecule has 0 aliphatic rings. The Balaban J connectivity index is 1.86. The molecule has 2 aromatic carbocycles. The van der Waals surface area contributed by atoms with E-state index in [9.17, 15) is 10.2 Å². The lowest BCUT2D eigenvalue weighted by atomic mass is 9.95. The average Bonchev–Trinajstić information content (AvgIpc) is 2.69. The number of phenolic OH excluding ortho intramolecular Hbond substituents is 1. The molecule has 1 atom stereocenters. The number of hydrogen-bond acceptors (Lipinski definition) is 5. The fraction of sp³-hybridized carbons (Fsp3) is 0.0909. The molecule has 0 bridgehead atoms. The van der Waals surface area contributed by atoms with Crippen molar-refractivity contribution in [2.45, 2.75) is 13.0 Å². The van der Waals surface area contributed by atoms with Gasteiger partial charge in [-0.1, -0.05) is 48.0 Å². The molecule has 0 fully saturated rings. The molecule has 4 aromatic rings. The Bertz CT molecular complexity index is 1090. The van der Waals surface area contributed by atoms with Crippen LogP contribution >= 0.6 is 0 Å². The normalized spacial score (nSPS) is 12.0. The predicted molar refractivity (Wildman–Crippen MR) is 106 cm³/mol. The number of pyridine rings is 2. The molecule has 1 unspecified atom stereocenters. The van der Waals surface area contributed by atoms with Gasteiger partial charge < -0.3 is 15.5 Å². The molecule has 0 saturated carbocycles. The highest BCUT2D eigenvalue weighted by Gasteiger charge is 2.21. The van der Waals surface area contributed by atoms with E-state index in [0.717, 1.165) is 16.5 Å². The lowest BCUT2D eigenvalue weighted by Gasteiger charge is -2.22. The molecule has 3 N–H and O–H groups in total. The highest BCUT2D eigenvalue weighted by atomic mass is 16.3. The number of benzene rings is 2. The summed E-state index contributed by atoms with van der Waals surface area (Å²) in [5, 5.41) is 25.2. The van der Waals surface area contributed by atoms with E-state index in [0.29, 0.717) is 16.9 Å². The lowest BCUT2D eigenvalue weighted by Crippen LogP contribution is -2.14. The van der Waals surface area contributed by atoms with E-state index < -0.39 is 6.04 Å². The van der Waals surface area contributed by atoms with Crippen LogP contribution in [0, 0.1) is 6.92 Å². The van der Waals surface area contributed by atoms with E-state index >= 15 is 0 Å². The number of rotatable bonds is 4. The van der Waals surface area contributed by atoms with Gasteiger partial charge in [0.15, 0.2) is 11.6 Å². The minimum Gasteiger partial charge on any atom is -0.505 e. The van der Waals surface area contributed by atoms with Crippen molar-refractivity contribution in [3.8, 4) is 11.5 Å². The molecule has 0 spiro atoms. The van der Waals surface area contributed by atoms with Crippen molar-refractivity contribution < 1.29 is 10.2 Å². The predicted octanol–water partition coefficient (Wildman–Crippen LogP) is 4.55. The monoisotopic (exact) mass is 357 g/mol. The maximum absolute atomic E-state index is 10.9. The van der Waals surface area contributed by atoms with Crippen molar-refractivity contribution in [3.05, 3.63) is 89.7 Å². The third-order valence-corrected chi connectivity index (χ3v) is 4.57. The Kier molecular flexibility index (Phi) is 4.34. The quantitative estimate of drug-likeness (QED) is 0.499. The number of nitrogens with one attached hydrogen (secondary N) is 1. The van der Waals surface area contributed by atoms with Crippen LogP contribution in [0.15, 0.2) is 73.1 Å². The topological polar surface area (TPSA) is 78.3 Å². The Morgan fingerprint density at radius 1 is 0.852 bits per heavy atom. The molecule has 27 heavy (non-hydrogen) atoms. The maximum atomic E-state index is 10.9. The summed E-state index contributed by atoms with van der Waals surface area (Å²) in [7, 11) is 0. The van der Waals surface area contributed by atoms with Crippen molar-refractivity contribution >= 4 is 16.7 Å². The molecule has 2 aromatic heterocycles. The van der Waals surface area contributed by atoms with Gasteiger partial charge in [0, 0.05) is 23.3 Å². The summed E-state index contributed by atoms with van der Waals surface area (Å²) in [4.78, 5) is 8.53. The lowest BCUT2D eigenvalue weighted by molar-refractivity contribution is 0.468. The first-order valence-corrected chi connectivity index (χ1v) is 8.67. The van der Waals surface area contributed by atoms with E-state index in [1.54, 1.807) is 24.5 Å². The van der Waals surface area contributed by atoms with Crippen LogP contribution in [0.2, 0.25) is 0 Å². The van der Waals surface area contributed by atoms with Gasteiger partial charge >= 0.3 is 0 Å². The molecule has 0 saturated heterocycles. The summed E-state index contributed by atoms with van der Waals surface area (Å²) >= 11 is 0. The molecule has 0 radical (unpaired) electrons. The molecule has 0 aliphatic heterocycles. The van der Waals surface area contributed by atoms with Crippen LogP contribution in [0.25, 0.3) is 10.9 Å². The Labute approximate surface area is 157 Å². The summed E-state index contributed by atoms with van der Waals surface area (Å²) in [6, 6.07) is 18.4. The van der Waals surface area contributed by atoms with Crippen molar-refractivity contribution in [2.75, 3.05) is 5.32 Å². The Morgan fingerprint density at radius 3 is 2.37 bits per heavy atom. The highest BCUT2D eigenvalue weighted by molar-refractivity contribution is 5.86. The third kappa shape index (κ3) is 3.27. The van der Waals surface area contributed by atoms with E-state index in [2.05, 4.69) is 15.3 Å². The highest BCUT2D eigenvalue weighted by Crippen LogP contribution is 2.37. The van der Waals surface area contributed by atoms with Crippen LogP contribution in [-0.4, -0.2) is 20.2 Å². The molecule has 5 heteroatoms. The zero-order valence-corrected chi connectivity index (χ0v) is 14.8. The number of aryl methyl sites for hydroxylation is 1. The number of phenols is 1. The van der Waals surface area contributed by atoms with Crippen LogP contribution in [0.5, 0.6) is 11.5 Å².